The maximum absolute atomic E-state index is 12.1. The van der Waals surface area contributed by atoms with Crippen LogP contribution in [0.5, 0.6) is 0 Å². The van der Waals surface area contributed by atoms with Gasteiger partial charge in [-0.3, -0.25) is 0 Å². The largest absolute Gasteiger partial charge is 0.467 e. The fourth-order valence-electron chi connectivity index (χ4n) is 2.60. The van der Waals surface area contributed by atoms with Crippen LogP contribution in [0.2, 0.25) is 10.0 Å². The molecule has 2 rings (SSSR count). The van der Waals surface area contributed by atoms with Crippen molar-refractivity contribution in [2.45, 2.75) is 26.8 Å². The van der Waals surface area contributed by atoms with Gasteiger partial charge >= 0.3 is 5.97 Å². The zero-order valence-electron chi connectivity index (χ0n) is 13.6. The lowest BCUT2D eigenvalue weighted by molar-refractivity contribution is -0.141. The van der Waals surface area contributed by atoms with Gasteiger partial charge in [0.15, 0.2) is 0 Å². The molecule has 122 valence electrons. The third-order valence-corrected chi connectivity index (χ3v) is 4.24. The predicted molar refractivity (Wildman–Crippen MR) is 96.0 cm³/mol. The lowest BCUT2D eigenvalue weighted by atomic mass is 10.1. The van der Waals surface area contributed by atoms with E-state index in [2.05, 4.69) is 0 Å². The summed E-state index contributed by atoms with van der Waals surface area (Å²) in [5.74, 6) is -0.311. The monoisotopic (exact) mass is 351 g/mol. The molecular formula is C18H19Cl2NO2. The second-order valence-electron chi connectivity index (χ2n) is 5.43. The number of esters is 1. The minimum Gasteiger partial charge on any atom is -0.467 e. The maximum atomic E-state index is 12.1. The van der Waals surface area contributed by atoms with Crippen LogP contribution in [0.25, 0.3) is 0 Å². The molecule has 3 nitrogen and oxygen atoms in total. The predicted octanol–water partition coefficient (Wildman–Crippen LogP) is 5.31. The number of methoxy groups -OCH3 is 1. The van der Waals surface area contributed by atoms with Gasteiger partial charge in [-0.2, -0.15) is 0 Å². The summed E-state index contributed by atoms with van der Waals surface area (Å²) in [6, 6.07) is 10.7. The van der Waals surface area contributed by atoms with Crippen molar-refractivity contribution >= 4 is 40.5 Å². The van der Waals surface area contributed by atoms with Crippen molar-refractivity contribution < 1.29 is 9.53 Å². The molecule has 23 heavy (non-hydrogen) atoms. The molecule has 0 bridgehead atoms. The SMILES string of the molecule is COC(=O)C(C)N(c1ccc(Cl)cc1C)c1ccc(Cl)cc1C. The number of carbonyl (C=O) groups excluding carboxylic acids is 1. The molecule has 0 radical (unpaired) electrons. The molecule has 0 heterocycles. The van der Waals surface area contributed by atoms with E-state index in [1.54, 1.807) is 0 Å². The first-order chi connectivity index (χ1) is 10.8. The van der Waals surface area contributed by atoms with Gasteiger partial charge in [0.25, 0.3) is 0 Å². The van der Waals surface area contributed by atoms with Crippen LogP contribution in [0.3, 0.4) is 0 Å². The Morgan fingerprint density at radius 3 is 1.78 bits per heavy atom. The van der Waals surface area contributed by atoms with Crippen LogP contribution in [-0.4, -0.2) is 19.1 Å². The maximum Gasteiger partial charge on any atom is 0.328 e. The van der Waals surface area contributed by atoms with E-state index in [1.807, 2.05) is 62.1 Å². The highest BCUT2D eigenvalue weighted by molar-refractivity contribution is 6.31. The molecule has 2 aromatic rings. The molecule has 0 saturated heterocycles. The zero-order valence-corrected chi connectivity index (χ0v) is 15.1. The number of aryl methyl sites for hydroxylation is 2. The van der Waals surface area contributed by atoms with Gasteiger partial charge in [-0.05, 0) is 68.3 Å². The molecule has 0 N–H and O–H groups in total. The van der Waals surface area contributed by atoms with Gasteiger partial charge < -0.3 is 9.64 Å². The average Bonchev–Trinajstić information content (AvgIpc) is 2.50. The molecule has 0 fully saturated rings. The second kappa shape index (κ2) is 7.24. The Morgan fingerprint density at radius 1 is 1.00 bits per heavy atom. The van der Waals surface area contributed by atoms with Gasteiger partial charge in [-0.1, -0.05) is 23.2 Å². The van der Waals surface area contributed by atoms with Gasteiger partial charge in [0.1, 0.15) is 6.04 Å². The van der Waals surface area contributed by atoms with Crippen LogP contribution in [0, 0.1) is 13.8 Å². The number of nitrogens with zero attached hydrogens (tertiary/aromatic N) is 1. The lowest BCUT2D eigenvalue weighted by Crippen LogP contribution is -2.37. The van der Waals surface area contributed by atoms with Crippen LogP contribution < -0.4 is 4.90 Å². The molecule has 0 aliphatic carbocycles. The minimum absolute atomic E-state index is 0.311. The Morgan fingerprint density at radius 2 is 1.43 bits per heavy atom. The van der Waals surface area contributed by atoms with E-state index >= 15 is 0 Å². The van der Waals surface area contributed by atoms with Crippen molar-refractivity contribution in [3.05, 3.63) is 57.6 Å². The molecule has 0 aliphatic heterocycles. The summed E-state index contributed by atoms with van der Waals surface area (Å²) in [4.78, 5) is 14.1. The molecule has 0 spiro atoms. The van der Waals surface area contributed by atoms with Crippen molar-refractivity contribution in [1.29, 1.82) is 0 Å². The van der Waals surface area contributed by atoms with Gasteiger partial charge in [0.05, 0.1) is 7.11 Å². The Bertz CT molecular complexity index is 679. The first-order valence-corrected chi connectivity index (χ1v) is 8.00. The molecule has 1 unspecified atom stereocenters. The Kier molecular flexibility index (Phi) is 5.55. The van der Waals surface area contributed by atoms with Crippen molar-refractivity contribution in [2.75, 3.05) is 12.0 Å². The summed E-state index contributed by atoms with van der Waals surface area (Å²) >= 11 is 12.1. The average molecular weight is 352 g/mol. The van der Waals surface area contributed by atoms with E-state index < -0.39 is 6.04 Å². The number of anilines is 2. The third kappa shape index (κ3) is 3.80. The molecule has 2 aromatic carbocycles. The smallest absolute Gasteiger partial charge is 0.328 e. The van der Waals surface area contributed by atoms with Crippen LogP contribution in [0.4, 0.5) is 11.4 Å². The van der Waals surface area contributed by atoms with Crippen LogP contribution in [0.15, 0.2) is 36.4 Å². The van der Waals surface area contributed by atoms with Crippen LogP contribution >= 0.6 is 23.2 Å². The summed E-state index contributed by atoms with van der Waals surface area (Å²) in [6.07, 6.45) is 0. The van der Waals surface area contributed by atoms with Gasteiger partial charge in [-0.25, -0.2) is 4.79 Å². The van der Waals surface area contributed by atoms with Crippen molar-refractivity contribution in [1.82, 2.24) is 0 Å². The van der Waals surface area contributed by atoms with E-state index in [0.717, 1.165) is 22.5 Å². The Labute approximate surface area is 146 Å². The quantitative estimate of drug-likeness (QED) is 0.699. The zero-order chi connectivity index (χ0) is 17.1. The third-order valence-electron chi connectivity index (χ3n) is 3.77. The molecule has 0 aromatic heterocycles. The summed E-state index contributed by atoms with van der Waals surface area (Å²) in [5, 5.41) is 1.31. The number of halogens is 2. The summed E-state index contributed by atoms with van der Waals surface area (Å²) < 4.78 is 4.93. The minimum atomic E-state index is -0.486. The molecule has 0 saturated carbocycles. The van der Waals surface area contributed by atoms with Crippen molar-refractivity contribution in [2.24, 2.45) is 0 Å². The number of carbonyl (C=O) groups is 1. The Balaban J connectivity index is 2.62. The highest BCUT2D eigenvalue weighted by Crippen LogP contribution is 2.35. The topological polar surface area (TPSA) is 29.5 Å². The molecular weight excluding hydrogens is 333 g/mol. The van der Waals surface area contributed by atoms with E-state index in [1.165, 1.54) is 7.11 Å². The van der Waals surface area contributed by atoms with Gasteiger partial charge in [0.2, 0.25) is 0 Å². The van der Waals surface area contributed by atoms with Crippen LogP contribution in [-0.2, 0) is 9.53 Å². The summed E-state index contributed by atoms with van der Waals surface area (Å²) in [6.45, 7) is 5.74. The lowest BCUT2D eigenvalue weighted by Gasteiger charge is -2.32. The van der Waals surface area contributed by atoms with Gasteiger partial charge in [-0.15, -0.1) is 0 Å². The summed E-state index contributed by atoms with van der Waals surface area (Å²) in [7, 11) is 1.39. The standard InChI is InChI=1S/C18H19Cl2NO2/c1-11-9-14(19)5-7-16(11)21(13(3)18(22)23-4)17-8-6-15(20)10-12(17)2/h5-10,13H,1-4H3. The van der Waals surface area contributed by atoms with Gasteiger partial charge in [0, 0.05) is 21.4 Å². The fourth-order valence-corrected chi connectivity index (χ4v) is 3.05. The Hall–Kier alpha value is -1.71. The first-order valence-electron chi connectivity index (χ1n) is 7.24. The molecule has 0 aliphatic rings. The normalized spacial score (nSPS) is 11.9. The van der Waals surface area contributed by atoms with Crippen molar-refractivity contribution in [3.63, 3.8) is 0 Å². The molecule has 0 amide bonds. The summed E-state index contributed by atoms with van der Waals surface area (Å²) in [5.41, 5.74) is 3.75. The number of hydrogen-bond donors (Lipinski definition) is 0. The number of hydrogen-bond acceptors (Lipinski definition) is 3. The van der Waals surface area contributed by atoms with E-state index in [4.69, 9.17) is 27.9 Å². The van der Waals surface area contributed by atoms with E-state index in [0.29, 0.717) is 10.0 Å². The second-order valence-corrected chi connectivity index (χ2v) is 6.30. The molecule has 1 atom stereocenters. The van der Waals surface area contributed by atoms with Crippen LogP contribution in [0.1, 0.15) is 18.1 Å². The highest BCUT2D eigenvalue weighted by Gasteiger charge is 2.26. The fraction of sp³-hybridized carbons (Fsp3) is 0.278. The highest BCUT2D eigenvalue weighted by atomic mass is 35.5. The van der Waals surface area contributed by atoms with E-state index in [-0.39, 0.29) is 5.97 Å². The first kappa shape index (κ1) is 17.6. The number of benzene rings is 2. The number of ether oxygens (including phenoxy) is 1. The van der Waals surface area contributed by atoms with E-state index in [9.17, 15) is 4.79 Å². The van der Waals surface area contributed by atoms with Crippen molar-refractivity contribution in [3.8, 4) is 0 Å². The number of rotatable bonds is 4. The molecule has 5 heteroatoms.